The Morgan fingerprint density at radius 1 is 1.17 bits per heavy atom. The van der Waals surface area contributed by atoms with Gasteiger partial charge in [0.2, 0.25) is 0 Å². The van der Waals surface area contributed by atoms with Crippen LogP contribution in [0.15, 0.2) is 0 Å². The fourth-order valence-electron chi connectivity index (χ4n) is 0. The van der Waals surface area contributed by atoms with Gasteiger partial charge in [-0.05, 0) is 0 Å². The average molecular weight is 319 g/mol. The molecule has 6 heteroatoms. The molecule has 0 rings (SSSR count). The van der Waals surface area contributed by atoms with Crippen molar-refractivity contribution in [3.05, 3.63) is 0 Å². The van der Waals surface area contributed by atoms with Gasteiger partial charge in [0.1, 0.15) is 0 Å². The molecule has 0 heterocycles. The Labute approximate surface area is 150 Å². The van der Waals surface area contributed by atoms with E-state index in [0.29, 0.717) is 0 Å². The minimum atomic E-state index is 0. The van der Waals surface area contributed by atoms with Crippen molar-refractivity contribution in [3.8, 4) is 0 Å². The number of rotatable bonds is 0. The topological polar surface area (TPSA) is 0 Å². The van der Waals surface area contributed by atoms with Crippen molar-refractivity contribution >= 4 is 66.2 Å². The molecule has 0 aliphatic carbocycles. The summed E-state index contributed by atoms with van der Waals surface area (Å²) in [5.41, 5.74) is 0. The standard InChI is InChI=1S/Al.Ba.Co.Li.Na.Ni.7H/q;+2;;2*+1;;;;;4*-1. The summed E-state index contributed by atoms with van der Waals surface area (Å²) in [6.07, 6.45) is 0. The first-order chi connectivity index (χ1) is 0. The summed E-state index contributed by atoms with van der Waals surface area (Å²) < 4.78 is 0. The second-order valence-electron chi connectivity index (χ2n) is 0. The molecular formula is H7AlBaCoLiNaNi. The molecule has 1 radical (unpaired) electrons. The molecule has 0 aromatic heterocycles. The van der Waals surface area contributed by atoms with Crippen molar-refractivity contribution < 1.29 is 87.4 Å². The SMILES string of the molecule is [AlH3].[Ba+2].[Co].[H-].[H-].[H-].[H-].[Li+].[Na+].[Ni]. The summed E-state index contributed by atoms with van der Waals surface area (Å²) in [6.45, 7) is 0. The zero-order valence-electron chi connectivity index (χ0n) is 7.36. The molecule has 0 aliphatic rings. The maximum Gasteiger partial charge on any atom is 2.00 e. The van der Waals surface area contributed by atoms with Crippen LogP contribution >= 0.6 is 0 Å². The van der Waals surface area contributed by atoms with Crippen molar-refractivity contribution in [2.24, 2.45) is 0 Å². The van der Waals surface area contributed by atoms with Crippen LogP contribution in [0.3, 0.4) is 0 Å². The average Bonchev–Trinajstić information content (AvgIpc) is 0. The van der Waals surface area contributed by atoms with Gasteiger partial charge in [-0.15, -0.1) is 0 Å². The Morgan fingerprint density at radius 2 is 1.17 bits per heavy atom. The minimum absolute atomic E-state index is 0. The molecule has 0 spiro atoms. The van der Waals surface area contributed by atoms with Crippen molar-refractivity contribution in [1.29, 1.82) is 0 Å². The van der Waals surface area contributed by atoms with Crippen LogP contribution < -0.4 is 48.4 Å². The molecule has 0 N–H and O–H groups in total. The first kappa shape index (κ1) is 45.6. The molecule has 33 valence electrons. The third kappa shape index (κ3) is 23.3. The Hall–Kier alpha value is 4.70. The molecule has 0 aromatic carbocycles. The number of hydrogen-bond acceptors (Lipinski definition) is 0. The molecule has 6 heavy (non-hydrogen) atoms. The van der Waals surface area contributed by atoms with Gasteiger partial charge in [-0.2, -0.15) is 0 Å². The molecule has 0 fully saturated rings. The third-order valence-corrected chi connectivity index (χ3v) is 0. The van der Waals surface area contributed by atoms with E-state index in [1.807, 2.05) is 0 Å². The molecular weight excluding hydrogens is 312 g/mol. The van der Waals surface area contributed by atoms with E-state index in [2.05, 4.69) is 0 Å². The normalized spacial score (nSPS) is 0. The quantitative estimate of drug-likeness (QED) is 0.390. The Balaban J connectivity index is 0. The van der Waals surface area contributed by atoms with Gasteiger partial charge in [-0.3, -0.25) is 0 Å². The van der Waals surface area contributed by atoms with E-state index >= 15 is 0 Å². The van der Waals surface area contributed by atoms with Gasteiger partial charge in [0.05, 0.1) is 0 Å². The first-order valence-electron chi connectivity index (χ1n) is 0. The van der Waals surface area contributed by atoms with Gasteiger partial charge in [-0.25, -0.2) is 0 Å². The van der Waals surface area contributed by atoms with Gasteiger partial charge >= 0.3 is 97.3 Å². The molecule has 0 saturated heterocycles. The van der Waals surface area contributed by atoms with E-state index in [9.17, 15) is 0 Å². The fraction of sp³-hybridized carbons (Fsp3) is 0. The summed E-state index contributed by atoms with van der Waals surface area (Å²) in [5, 5.41) is 0. The Bertz CT molecular complexity index is 25.2. The summed E-state index contributed by atoms with van der Waals surface area (Å²) in [5.74, 6) is 0. The van der Waals surface area contributed by atoms with Crippen molar-refractivity contribution in [3.63, 3.8) is 0 Å². The van der Waals surface area contributed by atoms with E-state index in [-0.39, 0.29) is 154 Å². The van der Waals surface area contributed by atoms with Gasteiger partial charge in [0, 0.05) is 33.3 Å². The van der Waals surface area contributed by atoms with Crippen LogP contribution in [0, 0.1) is 0 Å². The molecule has 0 nitrogen and oxygen atoms in total. The van der Waals surface area contributed by atoms with E-state index in [1.54, 1.807) is 0 Å². The van der Waals surface area contributed by atoms with Crippen LogP contribution in [-0.4, -0.2) is 66.2 Å². The smallest absolute Gasteiger partial charge is 1.00 e. The molecule has 0 atom stereocenters. The van der Waals surface area contributed by atoms with Crippen LogP contribution in [0.4, 0.5) is 0 Å². The summed E-state index contributed by atoms with van der Waals surface area (Å²) >= 11 is 0. The van der Waals surface area contributed by atoms with Crippen LogP contribution in [0.5, 0.6) is 0 Å². The van der Waals surface area contributed by atoms with Crippen LogP contribution in [0.25, 0.3) is 0 Å². The van der Waals surface area contributed by atoms with Gasteiger partial charge in [0.15, 0.2) is 17.4 Å². The zero-order valence-corrected chi connectivity index (χ0v) is 11.8. The van der Waals surface area contributed by atoms with Gasteiger partial charge in [-0.1, -0.05) is 0 Å². The van der Waals surface area contributed by atoms with Gasteiger partial charge < -0.3 is 5.71 Å². The fourth-order valence-corrected chi connectivity index (χ4v) is 0. The van der Waals surface area contributed by atoms with E-state index in [0.717, 1.165) is 0 Å². The first-order valence-corrected chi connectivity index (χ1v) is 0. The summed E-state index contributed by atoms with van der Waals surface area (Å²) in [4.78, 5) is 0. The van der Waals surface area contributed by atoms with Gasteiger partial charge in [0.25, 0.3) is 0 Å². The van der Waals surface area contributed by atoms with Crippen LogP contribution in [0.1, 0.15) is 5.71 Å². The third-order valence-electron chi connectivity index (χ3n) is 0. The molecule has 0 saturated carbocycles. The van der Waals surface area contributed by atoms with Crippen molar-refractivity contribution in [2.75, 3.05) is 0 Å². The molecule has 0 bridgehead atoms. The summed E-state index contributed by atoms with van der Waals surface area (Å²) in [6, 6.07) is 0. The van der Waals surface area contributed by atoms with E-state index < -0.39 is 0 Å². The van der Waals surface area contributed by atoms with Crippen molar-refractivity contribution in [2.45, 2.75) is 0 Å². The largest absolute Gasteiger partial charge is 2.00 e. The van der Waals surface area contributed by atoms with E-state index in [1.165, 1.54) is 0 Å². The molecule has 0 amide bonds. The van der Waals surface area contributed by atoms with Crippen LogP contribution in [-0.2, 0) is 33.3 Å². The summed E-state index contributed by atoms with van der Waals surface area (Å²) in [7, 11) is 0. The van der Waals surface area contributed by atoms with Crippen molar-refractivity contribution in [1.82, 2.24) is 0 Å². The molecule has 0 aliphatic heterocycles. The second-order valence-corrected chi connectivity index (χ2v) is 0. The Morgan fingerprint density at radius 3 is 1.17 bits per heavy atom. The maximum atomic E-state index is 0. The maximum absolute atomic E-state index is 0. The number of hydrogen-bond donors (Lipinski definition) is 0. The predicted octanol–water partition coefficient (Wildman–Crippen LogP) is -7.11. The zero-order chi connectivity index (χ0) is 0. The Kier molecular flexibility index (Phi) is 252. The van der Waals surface area contributed by atoms with Crippen LogP contribution in [0.2, 0.25) is 0 Å². The second kappa shape index (κ2) is 33.2. The predicted molar refractivity (Wildman–Crippen MR) is 20.1 cm³/mol. The minimum Gasteiger partial charge on any atom is -1.00 e. The monoisotopic (exact) mass is 319 g/mol. The molecule has 0 aromatic rings. The molecule has 0 unspecified atom stereocenters. The van der Waals surface area contributed by atoms with E-state index in [4.69, 9.17) is 0 Å².